The van der Waals surface area contributed by atoms with Crippen molar-refractivity contribution in [3.8, 4) is 0 Å². The van der Waals surface area contributed by atoms with Crippen molar-refractivity contribution in [2.75, 3.05) is 11.9 Å². The van der Waals surface area contributed by atoms with Gasteiger partial charge in [-0.15, -0.1) is 0 Å². The number of nitrogens with zero attached hydrogens (tertiary/aromatic N) is 2. The van der Waals surface area contributed by atoms with Crippen LogP contribution in [-0.4, -0.2) is 22.4 Å². The average molecular weight is 381 g/mol. The number of rotatable bonds is 6. The largest absolute Gasteiger partial charge is 0.350 e. The maximum absolute atomic E-state index is 12.2. The van der Waals surface area contributed by atoms with E-state index in [0.717, 1.165) is 17.7 Å². The topological polar surface area (TPSA) is 66.9 Å². The van der Waals surface area contributed by atoms with E-state index in [4.69, 9.17) is 11.6 Å². The van der Waals surface area contributed by atoms with E-state index in [9.17, 15) is 4.79 Å². The molecular formula is C21H21ClN4O. The number of carbonyl (C=O) groups excluding carboxylic acids is 1. The Morgan fingerprint density at radius 1 is 1.00 bits per heavy atom. The van der Waals surface area contributed by atoms with Gasteiger partial charge in [0.25, 0.3) is 5.91 Å². The van der Waals surface area contributed by atoms with Crippen molar-refractivity contribution in [1.82, 2.24) is 15.3 Å². The minimum atomic E-state index is -0.241. The van der Waals surface area contributed by atoms with Gasteiger partial charge >= 0.3 is 0 Å². The highest BCUT2D eigenvalue weighted by Gasteiger charge is 2.08. The van der Waals surface area contributed by atoms with Crippen molar-refractivity contribution < 1.29 is 4.79 Å². The van der Waals surface area contributed by atoms with Gasteiger partial charge in [-0.25, -0.2) is 9.97 Å². The zero-order chi connectivity index (χ0) is 19.2. The lowest BCUT2D eigenvalue weighted by molar-refractivity contribution is 0.0949. The van der Waals surface area contributed by atoms with Crippen molar-refractivity contribution >= 4 is 29.0 Å². The first-order valence-corrected chi connectivity index (χ1v) is 9.07. The van der Waals surface area contributed by atoms with E-state index >= 15 is 0 Å². The van der Waals surface area contributed by atoms with Crippen LogP contribution in [0.3, 0.4) is 0 Å². The molecule has 0 aliphatic rings. The van der Waals surface area contributed by atoms with Crippen LogP contribution in [0.1, 0.15) is 27.2 Å². The van der Waals surface area contributed by atoms with Gasteiger partial charge in [0.15, 0.2) is 0 Å². The van der Waals surface area contributed by atoms with E-state index in [0.29, 0.717) is 17.4 Å². The Morgan fingerprint density at radius 2 is 1.70 bits per heavy atom. The van der Waals surface area contributed by atoms with Gasteiger partial charge in [-0.05, 0) is 61.2 Å². The Morgan fingerprint density at radius 3 is 2.33 bits per heavy atom. The molecule has 0 aliphatic carbocycles. The Hall–Kier alpha value is -2.92. The molecule has 3 aromatic rings. The highest BCUT2D eigenvalue weighted by atomic mass is 35.5. The van der Waals surface area contributed by atoms with Gasteiger partial charge in [0.05, 0.1) is 12.4 Å². The van der Waals surface area contributed by atoms with Crippen LogP contribution in [0.25, 0.3) is 0 Å². The number of hydrogen-bond acceptors (Lipinski definition) is 4. The maximum atomic E-state index is 12.2. The Balaban J connectivity index is 1.54. The van der Waals surface area contributed by atoms with E-state index in [1.165, 1.54) is 17.3 Å². The highest BCUT2D eigenvalue weighted by molar-refractivity contribution is 6.30. The number of aromatic nitrogens is 2. The smallest absolute Gasteiger partial charge is 0.271 e. The van der Waals surface area contributed by atoms with E-state index in [1.54, 1.807) is 6.20 Å². The van der Waals surface area contributed by atoms with Crippen LogP contribution in [0.5, 0.6) is 0 Å². The molecule has 0 atom stereocenters. The second-order valence-corrected chi connectivity index (χ2v) is 6.86. The number of carbonyl (C=O) groups is 1. The molecule has 138 valence electrons. The summed E-state index contributed by atoms with van der Waals surface area (Å²) in [6.07, 6.45) is 3.76. The van der Waals surface area contributed by atoms with Crippen LogP contribution in [0, 0.1) is 13.8 Å². The molecule has 27 heavy (non-hydrogen) atoms. The Bertz CT molecular complexity index is 904. The van der Waals surface area contributed by atoms with Gasteiger partial charge in [0, 0.05) is 17.3 Å². The molecule has 0 radical (unpaired) electrons. The number of hydrogen-bond donors (Lipinski definition) is 2. The summed E-state index contributed by atoms with van der Waals surface area (Å²) in [6.45, 7) is 4.60. The minimum absolute atomic E-state index is 0.241. The predicted molar refractivity (Wildman–Crippen MR) is 109 cm³/mol. The predicted octanol–water partition coefficient (Wildman–Crippen LogP) is 4.46. The first-order valence-electron chi connectivity index (χ1n) is 8.69. The van der Waals surface area contributed by atoms with Gasteiger partial charge in [-0.2, -0.15) is 0 Å². The molecule has 0 spiro atoms. The fourth-order valence-electron chi connectivity index (χ4n) is 2.77. The van der Waals surface area contributed by atoms with Gasteiger partial charge in [-0.3, -0.25) is 4.79 Å². The zero-order valence-electron chi connectivity index (χ0n) is 15.3. The quantitative estimate of drug-likeness (QED) is 0.662. The summed E-state index contributed by atoms with van der Waals surface area (Å²) < 4.78 is 0. The number of halogens is 1. The zero-order valence-corrected chi connectivity index (χ0v) is 16.0. The molecule has 6 heteroatoms. The lowest BCUT2D eigenvalue weighted by atomic mass is 10.1. The fourth-order valence-corrected chi connectivity index (χ4v) is 2.89. The number of benzene rings is 2. The normalized spacial score (nSPS) is 10.5. The summed E-state index contributed by atoms with van der Waals surface area (Å²) in [5.74, 6) is 0.354. The lowest BCUT2D eigenvalue weighted by Gasteiger charge is -2.08. The maximum Gasteiger partial charge on any atom is 0.271 e. The van der Waals surface area contributed by atoms with Crippen LogP contribution in [0.2, 0.25) is 5.02 Å². The van der Waals surface area contributed by atoms with Gasteiger partial charge < -0.3 is 10.6 Å². The van der Waals surface area contributed by atoms with Crippen LogP contribution >= 0.6 is 11.6 Å². The third-order valence-electron chi connectivity index (χ3n) is 3.99. The van der Waals surface area contributed by atoms with Crippen molar-refractivity contribution in [2.45, 2.75) is 20.3 Å². The molecule has 0 saturated heterocycles. The molecule has 2 aromatic carbocycles. The molecule has 1 amide bonds. The summed E-state index contributed by atoms with van der Waals surface area (Å²) in [4.78, 5) is 20.7. The third-order valence-corrected chi connectivity index (χ3v) is 4.24. The minimum Gasteiger partial charge on any atom is -0.350 e. The van der Waals surface area contributed by atoms with Crippen molar-refractivity contribution in [3.63, 3.8) is 0 Å². The Kier molecular flexibility index (Phi) is 6.04. The van der Waals surface area contributed by atoms with Crippen LogP contribution < -0.4 is 10.6 Å². The SMILES string of the molecule is Cc1cc(C)cc(Nc2cnc(C(=O)NCCc3ccc(Cl)cc3)cn2)c1. The molecule has 0 bridgehead atoms. The van der Waals surface area contributed by atoms with Gasteiger partial charge in [0.2, 0.25) is 0 Å². The van der Waals surface area contributed by atoms with E-state index in [1.807, 2.05) is 50.2 Å². The number of anilines is 2. The Labute approximate surface area is 163 Å². The van der Waals surface area contributed by atoms with Gasteiger partial charge in [-0.1, -0.05) is 29.8 Å². The summed E-state index contributed by atoms with van der Waals surface area (Å²) >= 11 is 5.87. The molecular weight excluding hydrogens is 360 g/mol. The fraction of sp³-hybridized carbons (Fsp3) is 0.190. The van der Waals surface area contributed by atoms with E-state index in [-0.39, 0.29) is 11.6 Å². The molecule has 0 aliphatic heterocycles. The van der Waals surface area contributed by atoms with Crippen molar-refractivity contribution in [2.24, 2.45) is 0 Å². The molecule has 0 saturated carbocycles. The molecule has 3 rings (SSSR count). The summed E-state index contributed by atoms with van der Waals surface area (Å²) in [6, 6.07) is 13.7. The molecule has 1 aromatic heterocycles. The summed E-state index contributed by atoms with van der Waals surface area (Å²) in [7, 11) is 0. The number of amides is 1. The van der Waals surface area contributed by atoms with Crippen LogP contribution in [0.15, 0.2) is 54.9 Å². The number of aryl methyl sites for hydroxylation is 2. The van der Waals surface area contributed by atoms with Crippen LogP contribution in [-0.2, 0) is 6.42 Å². The average Bonchev–Trinajstić information content (AvgIpc) is 2.63. The lowest BCUT2D eigenvalue weighted by Crippen LogP contribution is -2.26. The highest BCUT2D eigenvalue weighted by Crippen LogP contribution is 2.17. The molecule has 1 heterocycles. The van der Waals surface area contributed by atoms with E-state index < -0.39 is 0 Å². The van der Waals surface area contributed by atoms with Crippen LogP contribution in [0.4, 0.5) is 11.5 Å². The summed E-state index contributed by atoms with van der Waals surface area (Å²) in [5, 5.41) is 6.76. The second-order valence-electron chi connectivity index (χ2n) is 6.42. The summed E-state index contributed by atoms with van der Waals surface area (Å²) in [5.41, 5.74) is 4.68. The second kappa shape index (κ2) is 8.64. The van der Waals surface area contributed by atoms with E-state index in [2.05, 4.69) is 26.7 Å². The monoisotopic (exact) mass is 380 g/mol. The third kappa shape index (κ3) is 5.53. The van der Waals surface area contributed by atoms with Gasteiger partial charge in [0.1, 0.15) is 11.5 Å². The van der Waals surface area contributed by atoms with Crippen molar-refractivity contribution in [1.29, 1.82) is 0 Å². The number of nitrogens with one attached hydrogen (secondary N) is 2. The molecule has 0 unspecified atom stereocenters. The first-order chi connectivity index (χ1) is 13.0. The van der Waals surface area contributed by atoms with Crippen molar-refractivity contribution in [3.05, 3.63) is 82.3 Å². The molecule has 0 fully saturated rings. The molecule has 2 N–H and O–H groups in total. The first kappa shape index (κ1) is 18.9. The molecule has 5 nitrogen and oxygen atoms in total. The standard InChI is InChI=1S/C21H21ClN4O/c1-14-9-15(2)11-18(10-14)26-20-13-24-19(12-25-20)21(27)23-8-7-16-3-5-17(22)6-4-16/h3-6,9-13H,7-8H2,1-2H3,(H,23,27)(H,25,26).